The van der Waals surface area contributed by atoms with Gasteiger partial charge in [-0.3, -0.25) is 4.90 Å². The lowest BCUT2D eigenvalue weighted by molar-refractivity contribution is 0.232. The Morgan fingerprint density at radius 1 is 1.09 bits per heavy atom. The molecule has 0 bridgehead atoms. The summed E-state index contributed by atoms with van der Waals surface area (Å²) in [4.78, 5) is 2.48. The first-order chi connectivity index (χ1) is 17.0. The second kappa shape index (κ2) is 10.1. The predicted molar refractivity (Wildman–Crippen MR) is 137 cm³/mol. The lowest BCUT2D eigenvalue weighted by atomic mass is 9.86. The summed E-state index contributed by atoms with van der Waals surface area (Å²) in [5.74, 6) is 2.22. The van der Waals surface area contributed by atoms with E-state index in [4.69, 9.17) is 9.47 Å². The molecule has 0 radical (unpaired) electrons. The van der Waals surface area contributed by atoms with Gasteiger partial charge in [-0.15, -0.1) is 0 Å². The van der Waals surface area contributed by atoms with Crippen LogP contribution in [0.4, 0.5) is 4.39 Å². The molecule has 3 aromatic rings. The fourth-order valence-electron chi connectivity index (χ4n) is 5.18. The van der Waals surface area contributed by atoms with Gasteiger partial charge in [-0.25, -0.2) is 4.39 Å². The molecule has 1 saturated heterocycles. The fourth-order valence-corrected chi connectivity index (χ4v) is 5.18. The van der Waals surface area contributed by atoms with E-state index in [1.54, 1.807) is 24.3 Å². The number of halogens is 1. The molecular weight excluding hydrogens is 441 g/mol. The number of phenolic OH excluding ortho intramolecular Hbond substituents is 1. The van der Waals surface area contributed by atoms with Crippen molar-refractivity contribution in [2.75, 3.05) is 26.2 Å². The summed E-state index contributed by atoms with van der Waals surface area (Å²) in [5.41, 5.74) is 4.37. The number of hydrogen-bond donors (Lipinski definition) is 1. The third-order valence-electron chi connectivity index (χ3n) is 7.22. The molecule has 2 heterocycles. The van der Waals surface area contributed by atoms with E-state index in [-0.39, 0.29) is 11.6 Å². The molecule has 0 spiro atoms. The van der Waals surface area contributed by atoms with E-state index in [0.29, 0.717) is 12.4 Å². The minimum absolute atomic E-state index is 0.171. The Labute approximate surface area is 206 Å². The molecule has 0 amide bonds. The van der Waals surface area contributed by atoms with Crippen LogP contribution in [0.5, 0.6) is 17.2 Å². The van der Waals surface area contributed by atoms with Crippen LogP contribution < -0.4 is 9.47 Å². The largest absolute Gasteiger partial charge is 0.508 e. The summed E-state index contributed by atoms with van der Waals surface area (Å²) in [7, 11) is 0. The Morgan fingerprint density at radius 3 is 2.66 bits per heavy atom. The maximum absolute atomic E-state index is 14.1. The zero-order chi connectivity index (χ0) is 24.4. The molecule has 1 N–H and O–H groups in total. The number of rotatable bonds is 7. The summed E-state index contributed by atoms with van der Waals surface area (Å²) in [5, 5.41) is 10.0. The molecular formula is C30H32FNO3. The number of fused-ring (bicyclic) bond motifs is 1. The fraction of sp³-hybridized carbons (Fsp3) is 0.333. The van der Waals surface area contributed by atoms with E-state index < -0.39 is 6.10 Å². The summed E-state index contributed by atoms with van der Waals surface area (Å²) in [6.45, 7) is 8.20. The molecule has 2 aliphatic heterocycles. The van der Waals surface area contributed by atoms with Gasteiger partial charge in [0.25, 0.3) is 0 Å². The van der Waals surface area contributed by atoms with Crippen LogP contribution in [-0.4, -0.2) is 36.2 Å². The lowest BCUT2D eigenvalue weighted by Crippen LogP contribution is -2.26. The molecule has 5 rings (SSSR count). The van der Waals surface area contributed by atoms with E-state index in [2.05, 4.69) is 11.8 Å². The smallest absolute Gasteiger partial charge is 0.150 e. The zero-order valence-corrected chi connectivity index (χ0v) is 20.3. The summed E-state index contributed by atoms with van der Waals surface area (Å²) < 4.78 is 26.6. The normalized spacial score (nSPS) is 20.0. The average molecular weight is 474 g/mol. The quantitative estimate of drug-likeness (QED) is 0.414. The van der Waals surface area contributed by atoms with Crippen LogP contribution in [-0.2, 0) is 0 Å². The number of phenols is 1. The maximum Gasteiger partial charge on any atom is 0.150 e. The van der Waals surface area contributed by atoms with Crippen LogP contribution in [0.1, 0.15) is 49.5 Å². The molecule has 2 atom stereocenters. The van der Waals surface area contributed by atoms with Gasteiger partial charge >= 0.3 is 0 Å². The van der Waals surface area contributed by atoms with E-state index in [0.717, 1.165) is 52.6 Å². The van der Waals surface area contributed by atoms with E-state index in [1.807, 2.05) is 37.3 Å². The number of allylic oxidation sites excluding steroid dienone is 1. The molecule has 5 heteroatoms. The number of aromatic hydroxyl groups is 1. The van der Waals surface area contributed by atoms with E-state index in [1.165, 1.54) is 31.5 Å². The van der Waals surface area contributed by atoms with Gasteiger partial charge in [-0.1, -0.05) is 37.6 Å². The van der Waals surface area contributed by atoms with Crippen LogP contribution in [0.2, 0.25) is 0 Å². The van der Waals surface area contributed by atoms with Crippen molar-refractivity contribution in [3.05, 3.63) is 89.2 Å². The topological polar surface area (TPSA) is 41.9 Å². The van der Waals surface area contributed by atoms with Crippen molar-refractivity contribution in [1.82, 2.24) is 4.90 Å². The Kier molecular flexibility index (Phi) is 6.78. The predicted octanol–water partition coefficient (Wildman–Crippen LogP) is 6.71. The van der Waals surface area contributed by atoms with Gasteiger partial charge in [0.2, 0.25) is 0 Å². The van der Waals surface area contributed by atoms with Crippen LogP contribution in [0.25, 0.3) is 11.1 Å². The van der Waals surface area contributed by atoms with Gasteiger partial charge in [0.05, 0.1) is 0 Å². The SMILES string of the molecule is CC[C@@H]1CCN(CCOc2ccc(C3Oc4ccc(O)cc4C(C)=C3c3cccc(F)c3)cc2)C1. The molecule has 35 heavy (non-hydrogen) atoms. The Morgan fingerprint density at radius 2 is 1.91 bits per heavy atom. The number of likely N-dealkylation sites (tertiary alicyclic amines) is 1. The first-order valence-electron chi connectivity index (χ1n) is 12.4. The van der Waals surface area contributed by atoms with Gasteiger partial charge in [-0.2, -0.15) is 0 Å². The Balaban J connectivity index is 1.37. The van der Waals surface area contributed by atoms with Gasteiger partial charge in [0.1, 0.15) is 35.8 Å². The molecule has 0 aliphatic carbocycles. The number of hydrogen-bond acceptors (Lipinski definition) is 4. The van der Waals surface area contributed by atoms with E-state index in [9.17, 15) is 9.50 Å². The van der Waals surface area contributed by atoms with Crippen LogP contribution >= 0.6 is 0 Å². The Bertz CT molecular complexity index is 1220. The summed E-state index contributed by atoms with van der Waals surface area (Å²) >= 11 is 0. The highest BCUT2D eigenvalue weighted by Crippen LogP contribution is 2.47. The zero-order valence-electron chi connectivity index (χ0n) is 20.3. The minimum atomic E-state index is -0.404. The van der Waals surface area contributed by atoms with Crippen molar-refractivity contribution < 1.29 is 19.0 Å². The molecule has 1 fully saturated rings. The van der Waals surface area contributed by atoms with Crippen molar-refractivity contribution in [2.45, 2.75) is 32.8 Å². The molecule has 182 valence electrons. The van der Waals surface area contributed by atoms with E-state index >= 15 is 0 Å². The minimum Gasteiger partial charge on any atom is -0.508 e. The van der Waals surface area contributed by atoms with Crippen molar-refractivity contribution in [1.29, 1.82) is 0 Å². The molecule has 1 unspecified atom stereocenters. The third kappa shape index (κ3) is 5.06. The lowest BCUT2D eigenvalue weighted by Gasteiger charge is -2.31. The highest BCUT2D eigenvalue weighted by atomic mass is 19.1. The third-order valence-corrected chi connectivity index (χ3v) is 7.22. The van der Waals surface area contributed by atoms with Crippen molar-refractivity contribution in [2.24, 2.45) is 5.92 Å². The van der Waals surface area contributed by atoms with Crippen LogP contribution in [0.15, 0.2) is 66.7 Å². The Hall–Kier alpha value is -3.31. The van der Waals surface area contributed by atoms with Crippen molar-refractivity contribution in [3.63, 3.8) is 0 Å². The number of benzene rings is 3. The molecule has 0 aromatic heterocycles. The van der Waals surface area contributed by atoms with Gasteiger partial charge in [0.15, 0.2) is 0 Å². The van der Waals surface area contributed by atoms with Crippen molar-refractivity contribution >= 4 is 11.1 Å². The monoisotopic (exact) mass is 473 g/mol. The summed E-state index contributed by atoms with van der Waals surface area (Å²) in [6.07, 6.45) is 2.13. The highest BCUT2D eigenvalue weighted by Gasteiger charge is 2.30. The first-order valence-corrected chi connectivity index (χ1v) is 12.4. The molecule has 0 saturated carbocycles. The van der Waals surface area contributed by atoms with Gasteiger partial charge in [-0.05, 0) is 85.0 Å². The number of ether oxygens (including phenoxy) is 2. The molecule has 3 aromatic carbocycles. The summed E-state index contributed by atoms with van der Waals surface area (Å²) in [6, 6.07) is 19.6. The molecule has 2 aliphatic rings. The molecule has 4 nitrogen and oxygen atoms in total. The number of nitrogens with zero attached hydrogens (tertiary/aromatic N) is 1. The van der Waals surface area contributed by atoms with Gasteiger partial charge < -0.3 is 14.6 Å². The van der Waals surface area contributed by atoms with Crippen LogP contribution in [0, 0.1) is 11.7 Å². The van der Waals surface area contributed by atoms with Gasteiger partial charge in [0, 0.05) is 24.2 Å². The maximum atomic E-state index is 14.1. The first kappa shape index (κ1) is 23.4. The average Bonchev–Trinajstić information content (AvgIpc) is 3.33. The highest BCUT2D eigenvalue weighted by molar-refractivity contribution is 5.95. The van der Waals surface area contributed by atoms with Crippen molar-refractivity contribution in [3.8, 4) is 17.2 Å². The van der Waals surface area contributed by atoms with Crippen LogP contribution in [0.3, 0.4) is 0 Å². The standard InChI is InChI=1S/C30H32FNO3/c1-3-21-13-14-32(19-21)15-16-34-26-10-7-22(8-11-26)30-29(23-5-4-6-24(31)17-23)20(2)27-18-25(33)9-12-28(27)35-30/h4-12,17-18,21,30,33H,3,13-16,19H2,1-2H3/t21-,30?/m1/s1. The second-order valence-corrected chi connectivity index (χ2v) is 9.51. The second-order valence-electron chi connectivity index (χ2n) is 9.51.